The van der Waals surface area contributed by atoms with E-state index >= 15 is 0 Å². The smallest absolute Gasteiger partial charge is 0.161 e. The molecule has 0 spiro atoms. The van der Waals surface area contributed by atoms with E-state index in [0.717, 1.165) is 36.3 Å². The Bertz CT molecular complexity index is 509. The Morgan fingerprint density at radius 1 is 1.00 bits per heavy atom. The molecule has 3 nitrogen and oxygen atoms in total. The Morgan fingerprint density at radius 3 is 2.50 bits per heavy atom. The van der Waals surface area contributed by atoms with Gasteiger partial charge >= 0.3 is 0 Å². The topological polar surface area (TPSA) is 38.7 Å². The monoisotopic (exact) mass is 302 g/mol. The molecule has 0 aliphatic carbocycles. The van der Waals surface area contributed by atoms with Crippen LogP contribution >= 0.6 is 0 Å². The SMILES string of the molecule is COc1ccc(C=CCCCCCCC#CCO)cc1OC. The third-order valence-electron chi connectivity index (χ3n) is 3.34. The third-order valence-corrected chi connectivity index (χ3v) is 3.34. The lowest BCUT2D eigenvalue weighted by atomic mass is 10.1. The van der Waals surface area contributed by atoms with Crippen molar-refractivity contribution in [2.45, 2.75) is 38.5 Å². The maximum atomic E-state index is 8.53. The van der Waals surface area contributed by atoms with Crippen LogP contribution in [-0.2, 0) is 0 Å². The molecular weight excluding hydrogens is 276 g/mol. The van der Waals surface area contributed by atoms with Gasteiger partial charge in [-0.25, -0.2) is 0 Å². The fourth-order valence-electron chi connectivity index (χ4n) is 2.15. The summed E-state index contributed by atoms with van der Waals surface area (Å²) in [6, 6.07) is 5.93. The largest absolute Gasteiger partial charge is 0.493 e. The standard InChI is InChI=1S/C19H26O3/c1-21-18-14-13-17(16-19(18)22-2)12-10-8-6-4-3-5-7-9-11-15-20/h10,12-14,16,20H,3-8,15H2,1-2H3. The lowest BCUT2D eigenvalue weighted by Crippen LogP contribution is -1.90. The lowest BCUT2D eigenvalue weighted by molar-refractivity contribution is 0.350. The van der Waals surface area contributed by atoms with Crippen LogP contribution in [0.1, 0.15) is 44.1 Å². The highest BCUT2D eigenvalue weighted by Crippen LogP contribution is 2.28. The highest BCUT2D eigenvalue weighted by atomic mass is 16.5. The molecule has 0 fully saturated rings. The van der Waals surface area contributed by atoms with Crippen LogP contribution in [0.5, 0.6) is 11.5 Å². The van der Waals surface area contributed by atoms with Crippen LogP contribution in [0.25, 0.3) is 6.08 Å². The van der Waals surface area contributed by atoms with Crippen LogP contribution in [0.2, 0.25) is 0 Å². The van der Waals surface area contributed by atoms with Crippen molar-refractivity contribution in [3.63, 3.8) is 0 Å². The molecule has 0 saturated carbocycles. The van der Waals surface area contributed by atoms with Gasteiger partial charge in [0.25, 0.3) is 0 Å². The molecule has 1 N–H and O–H groups in total. The normalized spacial score (nSPS) is 10.3. The van der Waals surface area contributed by atoms with Gasteiger partial charge in [-0.3, -0.25) is 0 Å². The van der Waals surface area contributed by atoms with Crippen LogP contribution < -0.4 is 9.47 Å². The third kappa shape index (κ3) is 7.19. The molecule has 0 atom stereocenters. The zero-order chi connectivity index (χ0) is 16.0. The number of aliphatic hydroxyl groups is 1. The Hall–Kier alpha value is -1.92. The average molecular weight is 302 g/mol. The summed E-state index contributed by atoms with van der Waals surface area (Å²) in [5.41, 5.74) is 1.12. The van der Waals surface area contributed by atoms with E-state index in [1.54, 1.807) is 14.2 Å². The van der Waals surface area contributed by atoms with Crippen LogP contribution in [0.3, 0.4) is 0 Å². The minimum Gasteiger partial charge on any atom is -0.493 e. The molecule has 0 amide bonds. The number of methoxy groups -OCH3 is 2. The molecule has 22 heavy (non-hydrogen) atoms. The quantitative estimate of drug-likeness (QED) is 0.552. The van der Waals surface area contributed by atoms with E-state index in [1.807, 2.05) is 18.2 Å². The van der Waals surface area contributed by atoms with Crippen molar-refractivity contribution in [3.8, 4) is 23.3 Å². The first-order valence-electron chi connectivity index (χ1n) is 7.77. The molecule has 120 valence electrons. The van der Waals surface area contributed by atoms with Crippen molar-refractivity contribution in [3.05, 3.63) is 29.8 Å². The summed E-state index contributed by atoms with van der Waals surface area (Å²) in [7, 11) is 3.29. The molecule has 1 rings (SSSR count). The van der Waals surface area contributed by atoms with Gasteiger partial charge in [-0.2, -0.15) is 0 Å². The van der Waals surface area contributed by atoms with Gasteiger partial charge < -0.3 is 14.6 Å². The van der Waals surface area contributed by atoms with E-state index < -0.39 is 0 Å². The molecule has 0 aliphatic rings. The maximum absolute atomic E-state index is 8.53. The zero-order valence-corrected chi connectivity index (χ0v) is 13.6. The van der Waals surface area contributed by atoms with E-state index in [1.165, 1.54) is 19.3 Å². The molecule has 3 heteroatoms. The number of unbranched alkanes of at least 4 members (excludes halogenated alkanes) is 5. The second kappa shape index (κ2) is 11.7. The first-order chi connectivity index (χ1) is 10.8. The number of rotatable bonds is 9. The molecule has 0 radical (unpaired) electrons. The second-order valence-electron chi connectivity index (χ2n) is 4.98. The first-order valence-corrected chi connectivity index (χ1v) is 7.77. The molecule has 0 unspecified atom stereocenters. The minimum absolute atomic E-state index is 0.0268. The van der Waals surface area contributed by atoms with Gasteiger partial charge in [0.2, 0.25) is 0 Å². The predicted octanol–water partition coefficient (Wildman–Crippen LogP) is 4.05. The van der Waals surface area contributed by atoms with E-state index in [0.29, 0.717) is 0 Å². The average Bonchev–Trinajstić information content (AvgIpc) is 2.56. The molecule has 1 aromatic carbocycles. The van der Waals surface area contributed by atoms with E-state index in [9.17, 15) is 0 Å². The van der Waals surface area contributed by atoms with E-state index in [-0.39, 0.29) is 6.61 Å². The summed E-state index contributed by atoms with van der Waals surface area (Å²) in [5, 5.41) is 8.53. The van der Waals surface area contributed by atoms with Gasteiger partial charge in [-0.15, -0.1) is 5.92 Å². The minimum atomic E-state index is -0.0268. The molecule has 0 aliphatic heterocycles. The van der Waals surface area contributed by atoms with Gasteiger partial charge in [0.1, 0.15) is 6.61 Å². The van der Waals surface area contributed by atoms with Crippen molar-refractivity contribution >= 4 is 6.08 Å². The molecular formula is C19H26O3. The summed E-state index contributed by atoms with van der Waals surface area (Å²) in [6.45, 7) is -0.0268. The molecule has 0 heterocycles. The number of ether oxygens (including phenoxy) is 2. The van der Waals surface area contributed by atoms with Gasteiger partial charge in [0.15, 0.2) is 11.5 Å². The summed E-state index contributed by atoms with van der Waals surface area (Å²) >= 11 is 0. The van der Waals surface area contributed by atoms with Gasteiger partial charge in [-0.05, 0) is 37.0 Å². The summed E-state index contributed by atoms with van der Waals surface area (Å²) in [5.74, 6) is 7.12. The van der Waals surface area contributed by atoms with Crippen LogP contribution in [0.4, 0.5) is 0 Å². The Labute approximate surface area is 134 Å². The summed E-state index contributed by atoms with van der Waals surface area (Å²) in [4.78, 5) is 0. The Kier molecular flexibility index (Phi) is 9.65. The number of benzene rings is 1. The Morgan fingerprint density at radius 2 is 1.77 bits per heavy atom. The van der Waals surface area contributed by atoms with E-state index in [4.69, 9.17) is 14.6 Å². The maximum Gasteiger partial charge on any atom is 0.161 e. The second-order valence-corrected chi connectivity index (χ2v) is 4.98. The highest BCUT2D eigenvalue weighted by Gasteiger charge is 2.02. The van der Waals surface area contributed by atoms with Crippen LogP contribution in [0, 0.1) is 11.8 Å². The lowest BCUT2D eigenvalue weighted by Gasteiger charge is -2.07. The van der Waals surface area contributed by atoms with Crippen molar-refractivity contribution < 1.29 is 14.6 Å². The number of hydrogen-bond donors (Lipinski definition) is 1. The predicted molar refractivity (Wildman–Crippen MR) is 91.1 cm³/mol. The molecule has 1 aromatic rings. The highest BCUT2D eigenvalue weighted by molar-refractivity contribution is 5.55. The summed E-state index contributed by atoms with van der Waals surface area (Å²) < 4.78 is 10.5. The van der Waals surface area contributed by atoms with Crippen molar-refractivity contribution in [1.29, 1.82) is 0 Å². The zero-order valence-electron chi connectivity index (χ0n) is 13.6. The number of aliphatic hydroxyl groups excluding tert-OH is 1. The van der Waals surface area contributed by atoms with Gasteiger partial charge in [-0.1, -0.05) is 37.0 Å². The fraction of sp³-hybridized carbons (Fsp3) is 0.474. The van der Waals surface area contributed by atoms with Crippen LogP contribution in [0.15, 0.2) is 24.3 Å². The number of hydrogen-bond acceptors (Lipinski definition) is 3. The van der Waals surface area contributed by atoms with Crippen molar-refractivity contribution in [2.75, 3.05) is 20.8 Å². The summed E-state index contributed by atoms with van der Waals surface area (Å²) in [6.07, 6.45) is 11.0. The van der Waals surface area contributed by atoms with Crippen LogP contribution in [-0.4, -0.2) is 25.9 Å². The van der Waals surface area contributed by atoms with Crippen molar-refractivity contribution in [2.24, 2.45) is 0 Å². The van der Waals surface area contributed by atoms with Crippen molar-refractivity contribution in [1.82, 2.24) is 0 Å². The van der Waals surface area contributed by atoms with Gasteiger partial charge in [0.05, 0.1) is 14.2 Å². The number of allylic oxidation sites excluding steroid dienone is 1. The molecule has 0 saturated heterocycles. The van der Waals surface area contributed by atoms with Gasteiger partial charge in [0, 0.05) is 6.42 Å². The molecule has 0 bridgehead atoms. The Balaban J connectivity index is 2.23. The molecule has 0 aromatic heterocycles. The first kappa shape index (κ1) is 18.1. The van der Waals surface area contributed by atoms with E-state index in [2.05, 4.69) is 24.0 Å². The fourth-order valence-corrected chi connectivity index (χ4v) is 2.15.